The van der Waals surface area contributed by atoms with Crippen molar-refractivity contribution in [2.75, 3.05) is 0 Å². The van der Waals surface area contributed by atoms with Gasteiger partial charge in [0.15, 0.2) is 0 Å². The van der Waals surface area contributed by atoms with Crippen molar-refractivity contribution in [2.24, 2.45) is 0 Å². The lowest BCUT2D eigenvalue weighted by atomic mass is 10.2. The first-order chi connectivity index (χ1) is 9.02. The zero-order valence-electron chi connectivity index (χ0n) is 9.96. The Balaban J connectivity index is 2.37. The van der Waals surface area contributed by atoms with Crippen molar-refractivity contribution in [1.82, 2.24) is 15.0 Å². The van der Waals surface area contributed by atoms with Gasteiger partial charge in [-0.2, -0.15) is 0 Å². The molecule has 1 aromatic carbocycles. The van der Waals surface area contributed by atoms with Crippen LogP contribution in [0.1, 0.15) is 23.9 Å². The van der Waals surface area contributed by atoms with Crippen molar-refractivity contribution in [3.63, 3.8) is 0 Å². The molecule has 8 heteroatoms. The molecule has 6 nitrogen and oxygen atoms in total. The van der Waals surface area contributed by atoms with Gasteiger partial charge in [-0.3, -0.25) is 10.1 Å². The Morgan fingerprint density at radius 1 is 1.58 bits per heavy atom. The fourth-order valence-electron chi connectivity index (χ4n) is 1.54. The standard InChI is InChI=1S/C11H10BrClN4O2/c1-2-8(12)10-6-16(15-14-10)11-4-3-7(17(18)19)5-9(11)13/h3-6,8H,2H2,1H3. The molecule has 100 valence electrons. The Hall–Kier alpha value is -1.47. The highest BCUT2D eigenvalue weighted by Crippen LogP contribution is 2.27. The zero-order chi connectivity index (χ0) is 14.0. The second kappa shape index (κ2) is 5.66. The van der Waals surface area contributed by atoms with Gasteiger partial charge >= 0.3 is 0 Å². The summed E-state index contributed by atoms with van der Waals surface area (Å²) in [7, 11) is 0. The maximum Gasteiger partial charge on any atom is 0.271 e. The highest BCUT2D eigenvalue weighted by Gasteiger charge is 2.14. The van der Waals surface area contributed by atoms with Crippen LogP contribution in [0.4, 0.5) is 5.69 Å². The summed E-state index contributed by atoms with van der Waals surface area (Å²) in [5.74, 6) is 0. The Morgan fingerprint density at radius 2 is 2.32 bits per heavy atom. The molecule has 0 aliphatic carbocycles. The number of non-ortho nitro benzene ring substituents is 1. The number of aromatic nitrogens is 3. The fraction of sp³-hybridized carbons (Fsp3) is 0.273. The van der Waals surface area contributed by atoms with Gasteiger partial charge in [-0.1, -0.05) is 39.7 Å². The van der Waals surface area contributed by atoms with E-state index in [1.165, 1.54) is 16.8 Å². The third kappa shape index (κ3) is 2.93. The van der Waals surface area contributed by atoms with Crippen molar-refractivity contribution in [3.8, 4) is 5.69 Å². The number of nitro groups is 1. The maximum absolute atomic E-state index is 10.6. The van der Waals surface area contributed by atoms with Crippen LogP contribution in [0.2, 0.25) is 5.02 Å². The number of rotatable bonds is 4. The zero-order valence-corrected chi connectivity index (χ0v) is 12.3. The van der Waals surface area contributed by atoms with Crippen LogP contribution >= 0.6 is 27.5 Å². The second-order valence-electron chi connectivity index (χ2n) is 3.86. The molecule has 0 radical (unpaired) electrons. The highest BCUT2D eigenvalue weighted by atomic mass is 79.9. The normalized spacial score (nSPS) is 12.4. The van der Waals surface area contributed by atoms with Crippen molar-refractivity contribution in [2.45, 2.75) is 18.2 Å². The van der Waals surface area contributed by atoms with E-state index in [0.29, 0.717) is 5.69 Å². The molecule has 2 aromatic rings. The first kappa shape index (κ1) is 14.0. The van der Waals surface area contributed by atoms with E-state index in [1.54, 1.807) is 12.3 Å². The van der Waals surface area contributed by atoms with Gasteiger partial charge in [-0.25, -0.2) is 4.68 Å². The Morgan fingerprint density at radius 3 is 2.89 bits per heavy atom. The number of halogens is 2. The minimum absolute atomic E-state index is 0.0546. The molecule has 0 N–H and O–H groups in total. The molecule has 1 atom stereocenters. The molecule has 0 bridgehead atoms. The Kier molecular flexibility index (Phi) is 4.16. The van der Waals surface area contributed by atoms with Crippen LogP contribution in [-0.4, -0.2) is 19.9 Å². The molecule has 1 aromatic heterocycles. The number of nitro benzene ring substituents is 1. The molecule has 0 aliphatic rings. The molecule has 2 rings (SSSR count). The minimum atomic E-state index is -0.492. The average Bonchev–Trinajstić information content (AvgIpc) is 2.87. The molecule has 0 fully saturated rings. The summed E-state index contributed by atoms with van der Waals surface area (Å²) in [4.78, 5) is 10.3. The number of alkyl halides is 1. The van der Waals surface area contributed by atoms with Gasteiger partial charge in [0.1, 0.15) is 0 Å². The van der Waals surface area contributed by atoms with Crippen LogP contribution in [-0.2, 0) is 0 Å². The van der Waals surface area contributed by atoms with E-state index in [0.717, 1.165) is 12.1 Å². The molecular formula is C11H10BrClN4O2. The highest BCUT2D eigenvalue weighted by molar-refractivity contribution is 9.09. The maximum atomic E-state index is 10.6. The van der Waals surface area contributed by atoms with Crippen LogP contribution in [0, 0.1) is 10.1 Å². The predicted molar refractivity (Wildman–Crippen MR) is 75.0 cm³/mol. The van der Waals surface area contributed by atoms with E-state index >= 15 is 0 Å². The van der Waals surface area contributed by atoms with Gasteiger partial charge in [-0.15, -0.1) is 5.10 Å². The summed E-state index contributed by atoms with van der Waals surface area (Å²) in [6, 6.07) is 4.23. The lowest BCUT2D eigenvalue weighted by Crippen LogP contribution is -1.97. The van der Waals surface area contributed by atoms with Crippen LogP contribution in [0.15, 0.2) is 24.4 Å². The number of benzene rings is 1. The van der Waals surface area contributed by atoms with Gasteiger partial charge in [0.25, 0.3) is 5.69 Å². The van der Waals surface area contributed by atoms with Crippen LogP contribution in [0.5, 0.6) is 0 Å². The van der Waals surface area contributed by atoms with Crippen LogP contribution in [0.3, 0.4) is 0 Å². The number of hydrogen-bond acceptors (Lipinski definition) is 4. The second-order valence-corrected chi connectivity index (χ2v) is 5.37. The first-order valence-electron chi connectivity index (χ1n) is 5.53. The van der Waals surface area contributed by atoms with E-state index < -0.39 is 4.92 Å². The predicted octanol–water partition coefficient (Wildman–Crippen LogP) is 3.67. The van der Waals surface area contributed by atoms with Crippen molar-refractivity contribution in [1.29, 1.82) is 0 Å². The molecule has 0 amide bonds. The summed E-state index contributed by atoms with van der Waals surface area (Å²) in [6.07, 6.45) is 2.63. The molecule has 1 unspecified atom stereocenters. The summed E-state index contributed by atoms with van der Waals surface area (Å²) >= 11 is 9.51. The summed E-state index contributed by atoms with van der Waals surface area (Å²) in [6.45, 7) is 2.03. The van der Waals surface area contributed by atoms with Crippen LogP contribution < -0.4 is 0 Å². The van der Waals surface area contributed by atoms with Crippen molar-refractivity contribution in [3.05, 3.63) is 45.2 Å². The van der Waals surface area contributed by atoms with Crippen molar-refractivity contribution < 1.29 is 4.92 Å². The molecule has 0 saturated carbocycles. The number of nitrogens with zero attached hydrogens (tertiary/aromatic N) is 4. The SMILES string of the molecule is CCC(Br)c1cn(-c2ccc([N+](=O)[O-])cc2Cl)nn1. The molecular weight excluding hydrogens is 336 g/mol. The summed E-state index contributed by atoms with van der Waals surface area (Å²) < 4.78 is 1.51. The molecule has 0 spiro atoms. The molecule has 1 heterocycles. The van der Waals surface area contributed by atoms with E-state index in [-0.39, 0.29) is 15.5 Å². The van der Waals surface area contributed by atoms with Crippen LogP contribution in [0.25, 0.3) is 5.69 Å². The monoisotopic (exact) mass is 344 g/mol. The largest absolute Gasteiger partial charge is 0.271 e. The fourth-order valence-corrected chi connectivity index (χ4v) is 2.01. The molecule has 0 saturated heterocycles. The summed E-state index contributed by atoms with van der Waals surface area (Å²) in [5.41, 5.74) is 1.29. The minimum Gasteiger partial charge on any atom is -0.258 e. The quantitative estimate of drug-likeness (QED) is 0.481. The van der Waals surface area contributed by atoms with Gasteiger partial charge in [0, 0.05) is 12.1 Å². The summed E-state index contributed by atoms with van der Waals surface area (Å²) in [5, 5.41) is 18.9. The molecule has 19 heavy (non-hydrogen) atoms. The van der Waals surface area contributed by atoms with Gasteiger partial charge in [0.05, 0.1) is 32.4 Å². The topological polar surface area (TPSA) is 73.8 Å². The van der Waals surface area contributed by atoms with E-state index in [4.69, 9.17) is 11.6 Å². The Labute approximate surface area is 122 Å². The van der Waals surface area contributed by atoms with E-state index in [9.17, 15) is 10.1 Å². The van der Waals surface area contributed by atoms with E-state index in [2.05, 4.69) is 26.2 Å². The lowest BCUT2D eigenvalue weighted by molar-refractivity contribution is -0.384. The smallest absolute Gasteiger partial charge is 0.258 e. The van der Waals surface area contributed by atoms with E-state index in [1.807, 2.05) is 6.92 Å². The third-order valence-electron chi connectivity index (χ3n) is 2.58. The van der Waals surface area contributed by atoms with Gasteiger partial charge in [0.2, 0.25) is 0 Å². The van der Waals surface area contributed by atoms with Crippen molar-refractivity contribution >= 4 is 33.2 Å². The third-order valence-corrected chi connectivity index (χ3v) is 4.00. The van der Waals surface area contributed by atoms with Gasteiger partial charge in [-0.05, 0) is 12.5 Å². The average molecular weight is 346 g/mol. The van der Waals surface area contributed by atoms with Gasteiger partial charge < -0.3 is 0 Å². The number of hydrogen-bond donors (Lipinski definition) is 0. The lowest BCUT2D eigenvalue weighted by Gasteiger charge is -2.03. The molecule has 0 aliphatic heterocycles. The first-order valence-corrected chi connectivity index (χ1v) is 6.83. The Bertz CT molecular complexity index is 616.